The van der Waals surface area contributed by atoms with Gasteiger partial charge in [0.1, 0.15) is 18.3 Å². The smallest absolute Gasteiger partial charge is 0.273 e. The molecule has 0 unspecified atom stereocenters. The van der Waals surface area contributed by atoms with E-state index in [0.717, 1.165) is 47.2 Å². The molecular weight excluding hydrogens is 596 g/mol. The lowest BCUT2D eigenvalue weighted by Gasteiger charge is -2.34. The van der Waals surface area contributed by atoms with Crippen molar-refractivity contribution in [1.29, 1.82) is 0 Å². The van der Waals surface area contributed by atoms with Crippen LogP contribution >= 0.6 is 0 Å². The first kappa shape index (κ1) is 33.4. The number of nitrogens with zero attached hydrogens (tertiary/aromatic N) is 3. The maximum Gasteiger partial charge on any atom is 0.273 e. The Bertz CT molecular complexity index is 1640. The van der Waals surface area contributed by atoms with Crippen LogP contribution in [0.1, 0.15) is 55.7 Å². The van der Waals surface area contributed by atoms with Crippen molar-refractivity contribution >= 4 is 33.2 Å². The van der Waals surface area contributed by atoms with Gasteiger partial charge in [0.2, 0.25) is 11.8 Å². The van der Waals surface area contributed by atoms with Gasteiger partial charge in [0.25, 0.3) is 15.7 Å². The topological polar surface area (TPSA) is 139 Å². The molecule has 45 heavy (non-hydrogen) atoms. The molecular formula is C33H40N4O7S. The Balaban J connectivity index is 1.76. The van der Waals surface area contributed by atoms with Crippen LogP contribution in [-0.4, -0.2) is 55.8 Å². The summed E-state index contributed by atoms with van der Waals surface area (Å²) >= 11 is 0. The highest BCUT2D eigenvalue weighted by Crippen LogP contribution is 2.30. The van der Waals surface area contributed by atoms with E-state index in [1.165, 1.54) is 43.2 Å². The van der Waals surface area contributed by atoms with E-state index in [1.54, 1.807) is 12.1 Å². The first-order valence-electron chi connectivity index (χ1n) is 15.0. The Kier molecular flexibility index (Phi) is 10.8. The number of sulfonamides is 1. The Morgan fingerprint density at radius 2 is 1.73 bits per heavy atom. The summed E-state index contributed by atoms with van der Waals surface area (Å²) < 4.78 is 34.5. The van der Waals surface area contributed by atoms with E-state index in [4.69, 9.17) is 4.74 Å². The molecule has 3 aromatic rings. The van der Waals surface area contributed by atoms with Crippen molar-refractivity contribution in [2.24, 2.45) is 0 Å². The zero-order chi connectivity index (χ0) is 32.7. The third-order valence-corrected chi connectivity index (χ3v) is 9.90. The Hall–Kier alpha value is -4.45. The van der Waals surface area contributed by atoms with Crippen LogP contribution in [0.2, 0.25) is 0 Å². The number of anilines is 1. The van der Waals surface area contributed by atoms with E-state index in [0.29, 0.717) is 17.7 Å². The molecule has 1 N–H and O–H groups in total. The summed E-state index contributed by atoms with van der Waals surface area (Å²) in [6, 6.07) is 16.5. The summed E-state index contributed by atoms with van der Waals surface area (Å²) in [5.41, 5.74) is 1.88. The zero-order valence-electron chi connectivity index (χ0n) is 26.1. The minimum atomic E-state index is -4.49. The molecule has 0 bridgehead atoms. The number of hydrogen-bond donors (Lipinski definition) is 1. The van der Waals surface area contributed by atoms with Gasteiger partial charge in [0.15, 0.2) is 0 Å². The number of ether oxygens (including phenoxy) is 1. The highest BCUT2D eigenvalue weighted by molar-refractivity contribution is 7.92. The first-order chi connectivity index (χ1) is 21.4. The molecule has 0 aliphatic heterocycles. The van der Waals surface area contributed by atoms with E-state index >= 15 is 0 Å². The molecule has 4 rings (SSSR count). The minimum absolute atomic E-state index is 0.0379. The number of aryl methyl sites for hydroxylation is 2. The molecule has 1 saturated carbocycles. The molecule has 0 saturated heterocycles. The van der Waals surface area contributed by atoms with Crippen LogP contribution in [0.3, 0.4) is 0 Å². The Labute approximate surface area is 264 Å². The van der Waals surface area contributed by atoms with Crippen LogP contribution in [0.4, 0.5) is 11.4 Å². The van der Waals surface area contributed by atoms with Gasteiger partial charge >= 0.3 is 0 Å². The first-order valence-corrected chi connectivity index (χ1v) is 16.5. The molecule has 2 amide bonds. The number of carbonyl (C=O) groups is 2. The van der Waals surface area contributed by atoms with Crippen LogP contribution < -0.4 is 14.4 Å². The third kappa shape index (κ3) is 7.99. The SMILES string of the molecule is CC[C@H](C(=O)NC1CCCC1)N(Cc1cccc(C)c1)C(=O)CN(c1ccc(OC)cc1)S(=O)(=O)c1ccc(C)c([N+](=O)[O-])c1. The fourth-order valence-electron chi connectivity index (χ4n) is 5.65. The summed E-state index contributed by atoms with van der Waals surface area (Å²) in [4.78, 5) is 40.0. The molecule has 0 aromatic heterocycles. The number of nitrogens with one attached hydrogen (secondary N) is 1. The van der Waals surface area contributed by atoms with Crippen molar-refractivity contribution < 1.29 is 27.7 Å². The summed E-state index contributed by atoms with van der Waals surface area (Å²) in [6.45, 7) is 4.71. The maximum absolute atomic E-state index is 14.3. The van der Waals surface area contributed by atoms with Gasteiger partial charge in [0, 0.05) is 24.2 Å². The number of carbonyl (C=O) groups excluding carboxylic acids is 2. The van der Waals surface area contributed by atoms with E-state index in [9.17, 15) is 28.1 Å². The van der Waals surface area contributed by atoms with Gasteiger partial charge in [-0.1, -0.05) is 55.7 Å². The maximum atomic E-state index is 14.3. The van der Waals surface area contributed by atoms with Crippen LogP contribution in [0.5, 0.6) is 5.75 Å². The molecule has 0 spiro atoms. The van der Waals surface area contributed by atoms with E-state index in [-0.39, 0.29) is 34.8 Å². The highest BCUT2D eigenvalue weighted by atomic mass is 32.2. The third-order valence-electron chi connectivity index (χ3n) is 8.13. The molecule has 11 nitrogen and oxygen atoms in total. The van der Waals surface area contributed by atoms with Crippen molar-refractivity contribution in [3.63, 3.8) is 0 Å². The van der Waals surface area contributed by atoms with Crippen molar-refractivity contribution in [3.8, 4) is 5.75 Å². The summed E-state index contributed by atoms with van der Waals surface area (Å²) in [5.74, 6) is -0.395. The van der Waals surface area contributed by atoms with Crippen LogP contribution in [0.15, 0.2) is 71.6 Å². The van der Waals surface area contributed by atoms with Gasteiger partial charge in [0.05, 0.1) is 22.6 Å². The molecule has 3 aromatic carbocycles. The zero-order valence-corrected chi connectivity index (χ0v) is 26.9. The van der Waals surface area contributed by atoms with Gasteiger partial charge in [-0.25, -0.2) is 8.42 Å². The van der Waals surface area contributed by atoms with Crippen molar-refractivity contribution in [2.75, 3.05) is 18.0 Å². The molecule has 0 heterocycles. The average Bonchev–Trinajstić information content (AvgIpc) is 3.52. The lowest BCUT2D eigenvalue weighted by Crippen LogP contribution is -2.53. The van der Waals surface area contributed by atoms with Gasteiger partial charge in [-0.3, -0.25) is 24.0 Å². The number of rotatable bonds is 13. The van der Waals surface area contributed by atoms with E-state index in [1.807, 2.05) is 38.1 Å². The van der Waals surface area contributed by atoms with Gasteiger partial charge in [-0.05, 0) is 69.0 Å². The number of hydrogen-bond acceptors (Lipinski definition) is 7. The number of nitro benzene ring substituents is 1. The average molecular weight is 637 g/mol. The van der Waals surface area contributed by atoms with Crippen molar-refractivity contribution in [2.45, 2.75) is 76.4 Å². The fourth-order valence-corrected chi connectivity index (χ4v) is 7.08. The molecule has 1 aliphatic rings. The fraction of sp³-hybridized carbons (Fsp3) is 0.394. The monoisotopic (exact) mass is 636 g/mol. The summed E-state index contributed by atoms with van der Waals surface area (Å²) in [7, 11) is -3.01. The predicted molar refractivity (Wildman–Crippen MR) is 172 cm³/mol. The second-order valence-corrected chi connectivity index (χ2v) is 13.2. The van der Waals surface area contributed by atoms with Crippen LogP contribution in [0, 0.1) is 24.0 Å². The molecule has 240 valence electrons. The number of amides is 2. The standard InChI is InChI=1S/C33H40N4O7S/c1-5-30(33(39)34-26-11-6-7-12-26)35(21-25-10-8-9-23(2)19-25)32(38)22-36(27-14-16-28(44-4)17-15-27)45(42,43)29-18-13-24(3)31(20-29)37(40)41/h8-10,13-20,26,30H,5-7,11-12,21-22H2,1-4H3,(H,34,39)/t30-/m1/s1. The van der Waals surface area contributed by atoms with Crippen molar-refractivity contribution in [1.82, 2.24) is 10.2 Å². The Morgan fingerprint density at radius 3 is 2.33 bits per heavy atom. The number of nitro groups is 1. The summed E-state index contributed by atoms with van der Waals surface area (Å²) in [5, 5.41) is 14.8. The normalized spacial score (nSPS) is 14.0. The molecule has 1 aliphatic carbocycles. The quantitative estimate of drug-likeness (QED) is 0.199. The van der Waals surface area contributed by atoms with Gasteiger partial charge < -0.3 is 15.0 Å². The molecule has 0 radical (unpaired) electrons. The number of benzene rings is 3. The van der Waals surface area contributed by atoms with Crippen molar-refractivity contribution in [3.05, 3.63) is 93.5 Å². The van der Waals surface area contributed by atoms with Crippen LogP contribution in [-0.2, 0) is 26.2 Å². The molecule has 12 heteroatoms. The minimum Gasteiger partial charge on any atom is -0.497 e. The highest BCUT2D eigenvalue weighted by Gasteiger charge is 2.35. The largest absolute Gasteiger partial charge is 0.497 e. The van der Waals surface area contributed by atoms with E-state index < -0.39 is 33.4 Å². The second-order valence-electron chi connectivity index (χ2n) is 11.3. The predicted octanol–water partition coefficient (Wildman–Crippen LogP) is 5.28. The Morgan fingerprint density at radius 1 is 1.04 bits per heavy atom. The lowest BCUT2D eigenvalue weighted by atomic mass is 10.1. The summed E-state index contributed by atoms with van der Waals surface area (Å²) in [6.07, 6.45) is 4.12. The molecule has 1 fully saturated rings. The molecule has 1 atom stereocenters. The van der Waals surface area contributed by atoms with E-state index in [2.05, 4.69) is 5.32 Å². The van der Waals surface area contributed by atoms with Crippen LogP contribution in [0.25, 0.3) is 0 Å². The van der Waals surface area contributed by atoms with Gasteiger partial charge in [-0.15, -0.1) is 0 Å². The van der Waals surface area contributed by atoms with Gasteiger partial charge in [-0.2, -0.15) is 0 Å². The lowest BCUT2D eigenvalue weighted by molar-refractivity contribution is -0.385. The number of methoxy groups -OCH3 is 1. The second kappa shape index (κ2) is 14.6.